The molecule has 22 heavy (non-hydrogen) atoms. The number of rotatable bonds is 3. The molecule has 2 atom stereocenters. The van der Waals surface area contributed by atoms with Crippen molar-refractivity contribution in [2.24, 2.45) is 0 Å². The first-order chi connectivity index (χ1) is 10.0. The minimum Gasteiger partial charge on any atom is -0.467 e. The van der Waals surface area contributed by atoms with Gasteiger partial charge in [0.05, 0.1) is 24.7 Å². The van der Waals surface area contributed by atoms with Gasteiger partial charge in [0.15, 0.2) is 0 Å². The van der Waals surface area contributed by atoms with Gasteiger partial charge in [0.1, 0.15) is 6.10 Å². The molecule has 7 nitrogen and oxygen atoms in total. The molecule has 1 heterocycles. The molecule has 1 aliphatic carbocycles. The van der Waals surface area contributed by atoms with Crippen molar-refractivity contribution in [2.45, 2.75) is 17.2 Å². The number of fused-ring (bicyclic) bond motifs is 1. The summed E-state index contributed by atoms with van der Waals surface area (Å²) in [7, 11) is -3.88. The Morgan fingerprint density at radius 1 is 1.27 bits per heavy atom. The number of carbonyl (C=O) groups is 2. The van der Waals surface area contributed by atoms with Crippen LogP contribution in [-0.4, -0.2) is 51.8 Å². The van der Waals surface area contributed by atoms with Crippen molar-refractivity contribution in [3.63, 3.8) is 0 Å². The second-order valence-corrected chi connectivity index (χ2v) is 6.31. The zero-order valence-corrected chi connectivity index (χ0v) is 11.9. The summed E-state index contributed by atoms with van der Waals surface area (Å²) in [5.74, 6) is -2.24. The van der Waals surface area contributed by atoms with Crippen LogP contribution in [0.1, 0.15) is 0 Å². The van der Waals surface area contributed by atoms with E-state index in [0.717, 1.165) is 14.2 Å². The van der Waals surface area contributed by atoms with E-state index in [2.05, 4.69) is 9.47 Å². The summed E-state index contributed by atoms with van der Waals surface area (Å²) in [5.41, 5.74) is -8.19. The quantitative estimate of drug-likeness (QED) is 0.535. The van der Waals surface area contributed by atoms with E-state index in [1.807, 2.05) is 0 Å². The van der Waals surface area contributed by atoms with Gasteiger partial charge in [0.2, 0.25) is 5.60 Å². The monoisotopic (exact) mass is 342 g/mol. The predicted octanol–water partition coefficient (Wildman–Crippen LogP) is 0.228. The van der Waals surface area contributed by atoms with E-state index in [-0.39, 0.29) is 0 Å². The van der Waals surface area contributed by atoms with Crippen LogP contribution in [0, 0.1) is 0 Å². The van der Waals surface area contributed by atoms with Crippen molar-refractivity contribution in [3.8, 4) is 0 Å². The maximum atomic E-state index is 12.6. The predicted molar refractivity (Wildman–Crippen MR) is 62.8 cm³/mol. The van der Waals surface area contributed by atoms with E-state index in [1.54, 1.807) is 0 Å². The normalized spacial score (nSPS) is 27.2. The highest BCUT2D eigenvalue weighted by molar-refractivity contribution is 7.96. The number of allylic oxidation sites excluding steroid dienone is 1. The molecule has 1 saturated heterocycles. The minimum atomic E-state index is -5.77. The lowest BCUT2D eigenvalue weighted by Gasteiger charge is -2.16. The molecule has 0 amide bonds. The van der Waals surface area contributed by atoms with Crippen LogP contribution in [0.5, 0.6) is 0 Å². The van der Waals surface area contributed by atoms with Crippen LogP contribution in [0.25, 0.3) is 0 Å². The smallest absolute Gasteiger partial charge is 0.467 e. The highest BCUT2D eigenvalue weighted by Gasteiger charge is 2.68. The van der Waals surface area contributed by atoms with Gasteiger partial charge >= 0.3 is 17.4 Å². The van der Waals surface area contributed by atoms with Crippen molar-refractivity contribution in [1.82, 2.24) is 0 Å². The van der Waals surface area contributed by atoms with E-state index in [1.165, 1.54) is 0 Å². The molecule has 11 heteroatoms. The number of halogens is 3. The minimum absolute atomic E-state index is 0.480. The Kier molecular flexibility index (Phi) is 3.61. The first kappa shape index (κ1) is 16.5. The van der Waals surface area contributed by atoms with Gasteiger partial charge in [-0.3, -0.25) is 0 Å². The highest BCUT2D eigenvalue weighted by Crippen LogP contribution is 2.49. The van der Waals surface area contributed by atoms with Crippen LogP contribution >= 0.6 is 0 Å². The van der Waals surface area contributed by atoms with Gasteiger partial charge in [0, 0.05) is 0 Å². The van der Waals surface area contributed by atoms with Crippen molar-refractivity contribution in [1.29, 1.82) is 0 Å². The Morgan fingerprint density at radius 2 is 1.86 bits per heavy atom. The lowest BCUT2D eigenvalue weighted by Crippen LogP contribution is -2.34. The molecule has 0 N–H and O–H groups in total. The molecule has 2 aliphatic rings. The number of carbonyl (C=O) groups excluding carboxylic acids is 2. The first-order valence-corrected chi connectivity index (χ1v) is 7.10. The van der Waals surface area contributed by atoms with Crippen LogP contribution in [0.2, 0.25) is 0 Å². The zero-order valence-electron chi connectivity index (χ0n) is 11.1. The van der Waals surface area contributed by atoms with Gasteiger partial charge in [-0.1, -0.05) is 0 Å². The van der Waals surface area contributed by atoms with Crippen LogP contribution in [0.15, 0.2) is 22.6 Å². The zero-order chi connectivity index (χ0) is 16.9. The van der Waals surface area contributed by atoms with E-state index in [9.17, 15) is 31.2 Å². The Morgan fingerprint density at radius 3 is 2.32 bits per heavy atom. The van der Waals surface area contributed by atoms with E-state index in [4.69, 9.17) is 4.74 Å². The fraction of sp³-hybridized carbons (Fsp3) is 0.455. The first-order valence-electron chi connectivity index (χ1n) is 5.61. The molecule has 122 valence electrons. The number of sulfone groups is 1. The Balaban J connectivity index is 2.60. The van der Waals surface area contributed by atoms with Crippen LogP contribution in [0.3, 0.4) is 0 Å². The molecule has 1 aliphatic heterocycles. The molecule has 0 aromatic rings. The molecule has 0 bridgehead atoms. The number of methoxy groups -OCH3 is 2. The van der Waals surface area contributed by atoms with Gasteiger partial charge in [0.25, 0.3) is 9.84 Å². The van der Waals surface area contributed by atoms with Gasteiger partial charge in [-0.05, 0) is 12.2 Å². The summed E-state index contributed by atoms with van der Waals surface area (Å²) >= 11 is 0. The Labute approximate surface area is 122 Å². The average Bonchev–Trinajstić information content (AvgIpc) is 3.18. The van der Waals surface area contributed by atoms with Gasteiger partial charge in [-0.15, -0.1) is 0 Å². The van der Waals surface area contributed by atoms with E-state index in [0.29, 0.717) is 12.2 Å². The second-order valence-electron chi connectivity index (χ2n) is 4.37. The Bertz CT molecular complexity index is 704. The Hall–Kier alpha value is -1.88. The third kappa shape index (κ3) is 2.20. The van der Waals surface area contributed by atoms with Crippen LogP contribution < -0.4 is 0 Å². The summed E-state index contributed by atoms with van der Waals surface area (Å²) < 4.78 is 74.6. The van der Waals surface area contributed by atoms with Crippen molar-refractivity contribution in [3.05, 3.63) is 22.6 Å². The molecule has 2 unspecified atom stereocenters. The van der Waals surface area contributed by atoms with Crippen molar-refractivity contribution < 1.29 is 45.4 Å². The van der Waals surface area contributed by atoms with Crippen LogP contribution in [0.4, 0.5) is 13.2 Å². The van der Waals surface area contributed by atoms with Crippen molar-refractivity contribution in [2.75, 3.05) is 14.2 Å². The van der Waals surface area contributed by atoms with Gasteiger partial charge < -0.3 is 14.2 Å². The van der Waals surface area contributed by atoms with E-state index < -0.39 is 49.5 Å². The number of hydrogen-bond donors (Lipinski definition) is 0. The number of alkyl halides is 3. The number of esters is 2. The summed E-state index contributed by atoms with van der Waals surface area (Å²) in [5, 5.41) is 0. The van der Waals surface area contributed by atoms with Gasteiger partial charge in [-0.25, -0.2) is 18.0 Å². The third-order valence-electron chi connectivity index (χ3n) is 3.12. The topological polar surface area (TPSA) is 99.3 Å². The number of hydrogen-bond acceptors (Lipinski definition) is 7. The van der Waals surface area contributed by atoms with E-state index >= 15 is 0 Å². The molecule has 0 radical (unpaired) electrons. The van der Waals surface area contributed by atoms with Crippen LogP contribution in [-0.2, 0) is 33.6 Å². The maximum absolute atomic E-state index is 12.6. The molecule has 0 spiro atoms. The molecule has 0 aromatic heterocycles. The molecule has 0 saturated carbocycles. The molecular formula is C11H9F3O7S. The third-order valence-corrected chi connectivity index (χ3v) is 4.59. The fourth-order valence-corrected chi connectivity index (χ4v) is 2.87. The highest BCUT2D eigenvalue weighted by atomic mass is 32.2. The molecular weight excluding hydrogens is 333 g/mol. The summed E-state index contributed by atoms with van der Waals surface area (Å²) in [6.45, 7) is 0. The lowest BCUT2D eigenvalue weighted by molar-refractivity contribution is -0.145. The molecule has 0 aromatic carbocycles. The average molecular weight is 342 g/mol. The second kappa shape index (κ2) is 4.81. The fourth-order valence-electron chi connectivity index (χ4n) is 1.99. The molecule has 2 rings (SSSR count). The number of epoxide rings is 1. The summed E-state index contributed by atoms with van der Waals surface area (Å²) in [6.07, 6.45) is -0.286. The SMILES string of the molecule is COC(=O)C1=CC(S(=O)(=O)C(F)(F)F)=CC2(C(=O)OC)OC12. The lowest BCUT2D eigenvalue weighted by atomic mass is 9.94. The largest absolute Gasteiger partial charge is 0.501 e. The number of ether oxygens (including phenoxy) is 3. The van der Waals surface area contributed by atoms with Crippen molar-refractivity contribution >= 4 is 21.8 Å². The maximum Gasteiger partial charge on any atom is 0.501 e. The molecule has 1 fully saturated rings. The standard InChI is InChI=1S/C11H9F3O7S/c1-19-8(15)6-3-5(22(17,18)11(12,13)14)4-10(7(6)21-10)9(16)20-2/h3-4,7H,1-2H3. The summed E-state index contributed by atoms with van der Waals surface area (Å²) in [6, 6.07) is 0. The summed E-state index contributed by atoms with van der Waals surface area (Å²) in [4.78, 5) is 21.9. The van der Waals surface area contributed by atoms with Gasteiger partial charge in [-0.2, -0.15) is 13.2 Å².